The Hall–Kier alpha value is -2.63. The van der Waals surface area contributed by atoms with E-state index in [1.165, 1.54) is 0 Å². The smallest absolute Gasteiger partial charge is 0.313 e. The number of nitrogens with one attached hydrogen (secondary N) is 1. The Morgan fingerprint density at radius 1 is 1.20 bits per heavy atom. The van der Waals surface area contributed by atoms with Gasteiger partial charge < -0.3 is 10.1 Å². The van der Waals surface area contributed by atoms with E-state index in [1.54, 1.807) is 25.1 Å². The molecule has 1 atom stereocenters. The van der Waals surface area contributed by atoms with E-state index < -0.39 is 0 Å². The van der Waals surface area contributed by atoms with Gasteiger partial charge in [0.1, 0.15) is 5.82 Å². The summed E-state index contributed by atoms with van der Waals surface area (Å²) in [4.78, 5) is 15.2. The summed E-state index contributed by atoms with van der Waals surface area (Å²) >= 11 is 0. The third-order valence-corrected chi connectivity index (χ3v) is 3.95. The third-order valence-electron chi connectivity index (χ3n) is 3.95. The summed E-state index contributed by atoms with van der Waals surface area (Å²) in [6.45, 7) is 6.28. The lowest BCUT2D eigenvalue weighted by atomic mass is 10.1. The van der Waals surface area contributed by atoms with Gasteiger partial charge in [-0.1, -0.05) is 18.2 Å². The molecule has 0 spiro atoms. The van der Waals surface area contributed by atoms with Gasteiger partial charge in [-0.3, -0.25) is 10.1 Å². The predicted octanol–water partition coefficient (Wildman–Crippen LogP) is 4.66. The van der Waals surface area contributed by atoms with E-state index in [0.29, 0.717) is 24.0 Å². The van der Waals surface area contributed by atoms with Crippen molar-refractivity contribution in [2.45, 2.75) is 46.1 Å². The summed E-state index contributed by atoms with van der Waals surface area (Å²) in [5.41, 5.74) is 1.67. The second-order valence-corrected chi connectivity index (χ2v) is 6.23. The van der Waals surface area contributed by atoms with Crippen molar-refractivity contribution in [1.29, 1.82) is 0 Å². The number of nitro benzene ring substituents is 1. The molecule has 25 heavy (non-hydrogen) atoms. The Bertz CT molecular complexity index is 719. The van der Waals surface area contributed by atoms with Gasteiger partial charge in [0.2, 0.25) is 0 Å². The number of hydrogen-bond acceptors (Lipinski definition) is 5. The van der Waals surface area contributed by atoms with E-state index in [1.807, 2.05) is 25.1 Å². The minimum atomic E-state index is -0.383. The Balaban J connectivity index is 1.73. The molecule has 1 aromatic heterocycles. The predicted molar refractivity (Wildman–Crippen MR) is 99.2 cm³/mol. The molecule has 0 unspecified atom stereocenters. The highest BCUT2D eigenvalue weighted by atomic mass is 16.6. The van der Waals surface area contributed by atoms with Crippen LogP contribution in [0.3, 0.4) is 0 Å². The second kappa shape index (κ2) is 9.01. The molecule has 0 bridgehead atoms. The van der Waals surface area contributed by atoms with Gasteiger partial charge in [-0.2, -0.15) is 0 Å². The number of anilines is 1. The number of hydrogen-bond donors (Lipinski definition) is 1. The molecule has 134 valence electrons. The van der Waals surface area contributed by atoms with Crippen molar-refractivity contribution in [1.82, 2.24) is 4.98 Å². The summed E-state index contributed by atoms with van der Waals surface area (Å²) in [7, 11) is 0. The van der Waals surface area contributed by atoms with Gasteiger partial charge in [0.05, 0.1) is 11.5 Å². The fourth-order valence-corrected chi connectivity index (χ4v) is 2.67. The number of unbranched alkanes of at least 4 members (excludes halogenated alkanes) is 1. The molecule has 0 aliphatic carbocycles. The number of pyridine rings is 1. The quantitative estimate of drug-likeness (QED) is 0.407. The van der Waals surface area contributed by atoms with Crippen molar-refractivity contribution in [3.63, 3.8) is 0 Å². The SMILES string of the molecule is Cc1cccc(N[C@@H](C)CCCCOc2cccc(C)c2[N+](=O)[O-])n1. The fraction of sp³-hybridized carbons (Fsp3) is 0.421. The number of nitrogens with zero attached hydrogens (tertiary/aromatic N) is 2. The van der Waals surface area contributed by atoms with Gasteiger partial charge >= 0.3 is 5.69 Å². The molecule has 0 aliphatic heterocycles. The zero-order valence-electron chi connectivity index (χ0n) is 15.0. The van der Waals surface area contributed by atoms with Crippen LogP contribution in [-0.4, -0.2) is 22.6 Å². The summed E-state index contributed by atoms with van der Waals surface area (Å²) < 4.78 is 5.62. The highest BCUT2D eigenvalue weighted by Gasteiger charge is 2.17. The van der Waals surface area contributed by atoms with Gasteiger partial charge in [-0.05, 0) is 58.2 Å². The summed E-state index contributed by atoms with van der Waals surface area (Å²) in [6, 6.07) is 11.4. The lowest BCUT2D eigenvalue weighted by molar-refractivity contribution is -0.386. The number of ether oxygens (including phenoxy) is 1. The van der Waals surface area contributed by atoms with Crippen LogP contribution in [0, 0.1) is 24.0 Å². The van der Waals surface area contributed by atoms with E-state index >= 15 is 0 Å². The molecule has 6 heteroatoms. The van der Waals surface area contributed by atoms with Crippen molar-refractivity contribution in [2.24, 2.45) is 0 Å². The van der Waals surface area contributed by atoms with E-state index in [4.69, 9.17) is 4.74 Å². The Kier molecular flexibility index (Phi) is 6.74. The van der Waals surface area contributed by atoms with Gasteiger partial charge in [0.15, 0.2) is 5.75 Å². The second-order valence-electron chi connectivity index (χ2n) is 6.23. The molecule has 0 saturated carbocycles. The molecule has 0 amide bonds. The molecule has 0 radical (unpaired) electrons. The molecule has 6 nitrogen and oxygen atoms in total. The molecule has 2 rings (SSSR count). The van der Waals surface area contributed by atoms with Crippen molar-refractivity contribution in [3.8, 4) is 5.75 Å². The first-order valence-electron chi connectivity index (χ1n) is 8.54. The number of aryl methyl sites for hydroxylation is 2. The Morgan fingerprint density at radius 3 is 2.68 bits per heavy atom. The molecular formula is C19H25N3O3. The van der Waals surface area contributed by atoms with Crippen LogP contribution in [0.2, 0.25) is 0 Å². The fourth-order valence-electron chi connectivity index (χ4n) is 2.67. The maximum absolute atomic E-state index is 11.1. The average Bonchev–Trinajstić information content (AvgIpc) is 2.54. The summed E-state index contributed by atoms with van der Waals surface area (Å²) in [5.74, 6) is 1.24. The zero-order chi connectivity index (χ0) is 18.2. The van der Waals surface area contributed by atoms with Crippen LogP contribution in [0.5, 0.6) is 5.75 Å². The van der Waals surface area contributed by atoms with Crippen molar-refractivity contribution in [3.05, 3.63) is 57.8 Å². The number of benzene rings is 1. The first-order chi connectivity index (χ1) is 12.0. The molecule has 2 aromatic rings. The van der Waals surface area contributed by atoms with Crippen molar-refractivity contribution in [2.75, 3.05) is 11.9 Å². The van der Waals surface area contributed by atoms with Crippen LogP contribution in [0.1, 0.15) is 37.4 Å². The number of aromatic nitrogens is 1. The molecular weight excluding hydrogens is 318 g/mol. The minimum absolute atomic E-state index is 0.0584. The van der Waals surface area contributed by atoms with Gasteiger partial charge in [0.25, 0.3) is 0 Å². The van der Waals surface area contributed by atoms with Gasteiger partial charge in [-0.15, -0.1) is 0 Å². The van der Waals surface area contributed by atoms with E-state index in [0.717, 1.165) is 30.8 Å². The van der Waals surface area contributed by atoms with Crippen LogP contribution < -0.4 is 10.1 Å². The van der Waals surface area contributed by atoms with Crippen LogP contribution in [-0.2, 0) is 0 Å². The standard InChI is InChI=1S/C19H25N3O3/c1-14-8-6-11-17(19(14)22(23)24)25-13-5-4-9-15(2)20-18-12-7-10-16(3)21-18/h6-8,10-12,15H,4-5,9,13H2,1-3H3,(H,20,21)/t15-/m0/s1. The highest BCUT2D eigenvalue weighted by Crippen LogP contribution is 2.30. The maximum atomic E-state index is 11.1. The van der Waals surface area contributed by atoms with E-state index in [2.05, 4.69) is 17.2 Å². The topological polar surface area (TPSA) is 77.3 Å². The van der Waals surface area contributed by atoms with E-state index in [-0.39, 0.29) is 10.6 Å². The zero-order valence-corrected chi connectivity index (χ0v) is 15.0. The number of para-hydroxylation sites is 1. The largest absolute Gasteiger partial charge is 0.487 e. The first-order valence-corrected chi connectivity index (χ1v) is 8.54. The minimum Gasteiger partial charge on any atom is -0.487 e. The Morgan fingerprint density at radius 2 is 1.96 bits per heavy atom. The lowest BCUT2D eigenvalue weighted by Crippen LogP contribution is -2.16. The van der Waals surface area contributed by atoms with Crippen LogP contribution in [0.4, 0.5) is 11.5 Å². The van der Waals surface area contributed by atoms with Gasteiger partial charge in [-0.25, -0.2) is 4.98 Å². The maximum Gasteiger partial charge on any atom is 0.313 e. The average molecular weight is 343 g/mol. The molecule has 0 fully saturated rings. The van der Waals surface area contributed by atoms with Crippen LogP contribution in [0.15, 0.2) is 36.4 Å². The highest BCUT2D eigenvalue weighted by molar-refractivity contribution is 5.52. The van der Waals surface area contributed by atoms with E-state index in [9.17, 15) is 10.1 Å². The Labute approximate surface area is 148 Å². The lowest BCUT2D eigenvalue weighted by Gasteiger charge is -2.15. The number of rotatable bonds is 9. The molecule has 1 N–H and O–H groups in total. The monoisotopic (exact) mass is 343 g/mol. The summed E-state index contributed by atoms with van der Waals surface area (Å²) in [5, 5.41) is 14.5. The van der Waals surface area contributed by atoms with Crippen LogP contribution >= 0.6 is 0 Å². The van der Waals surface area contributed by atoms with Gasteiger partial charge in [0, 0.05) is 17.3 Å². The van der Waals surface area contributed by atoms with Crippen LogP contribution in [0.25, 0.3) is 0 Å². The third kappa shape index (κ3) is 5.74. The first kappa shape index (κ1) is 18.7. The van der Waals surface area contributed by atoms with Crippen molar-refractivity contribution < 1.29 is 9.66 Å². The normalized spacial score (nSPS) is 11.8. The molecule has 0 saturated heterocycles. The molecule has 1 heterocycles. The number of nitro groups is 1. The summed E-state index contributed by atoms with van der Waals surface area (Å²) in [6.07, 6.45) is 2.80. The molecule has 0 aliphatic rings. The molecule has 1 aromatic carbocycles. The van der Waals surface area contributed by atoms with Crippen molar-refractivity contribution >= 4 is 11.5 Å².